The summed E-state index contributed by atoms with van der Waals surface area (Å²) in [5.41, 5.74) is -0.175. The van der Waals surface area contributed by atoms with Gasteiger partial charge in [0.1, 0.15) is 0 Å². The standard InChI is InChI=1S/C16H15FIN2O3/c1-2-18-12-6-3-5-11(9-12)10-19-16(21)15-13(17)7-4-8-14(15)20(22)23/h3-9H,2,10H2,1H3,(H,19,21)/q-1. The molecule has 2 rings (SSSR count). The van der Waals surface area contributed by atoms with E-state index >= 15 is 0 Å². The predicted octanol–water partition coefficient (Wildman–Crippen LogP) is -0.0576. The molecule has 0 aliphatic rings. The number of halogens is 2. The first-order valence-corrected chi connectivity index (χ1v) is 9.52. The molecule has 23 heavy (non-hydrogen) atoms. The zero-order valence-corrected chi connectivity index (χ0v) is 14.5. The fraction of sp³-hybridized carbons (Fsp3) is 0.188. The molecule has 0 fully saturated rings. The van der Waals surface area contributed by atoms with Crippen molar-refractivity contribution in [3.63, 3.8) is 0 Å². The van der Waals surface area contributed by atoms with E-state index in [1.807, 2.05) is 24.3 Å². The van der Waals surface area contributed by atoms with E-state index in [-0.39, 0.29) is 27.7 Å². The van der Waals surface area contributed by atoms with E-state index in [0.717, 1.165) is 22.1 Å². The van der Waals surface area contributed by atoms with Crippen LogP contribution in [-0.2, 0) is 6.54 Å². The number of nitrogens with zero attached hydrogens (tertiary/aromatic N) is 1. The molecule has 0 unspecified atom stereocenters. The van der Waals surface area contributed by atoms with Crippen LogP contribution >= 0.6 is 0 Å². The summed E-state index contributed by atoms with van der Waals surface area (Å²) < 4.78 is 16.2. The number of nitro benzene ring substituents is 1. The molecular weight excluding hydrogens is 414 g/mol. The van der Waals surface area contributed by atoms with Crippen molar-refractivity contribution in [2.75, 3.05) is 4.43 Å². The number of amides is 1. The molecule has 0 aliphatic heterocycles. The van der Waals surface area contributed by atoms with E-state index in [1.165, 1.54) is 9.64 Å². The number of rotatable bonds is 6. The SMILES string of the molecule is CC[I-]c1cccc(CNC(=O)c2c(F)cccc2[N+](=O)[O-])c1. The maximum absolute atomic E-state index is 13.8. The van der Waals surface area contributed by atoms with Crippen LogP contribution in [0.4, 0.5) is 10.1 Å². The Morgan fingerprint density at radius 2 is 2.04 bits per heavy atom. The Kier molecular flexibility index (Phi) is 6.03. The number of benzene rings is 2. The third kappa shape index (κ3) is 4.47. The van der Waals surface area contributed by atoms with Crippen molar-refractivity contribution < 1.29 is 35.3 Å². The molecule has 0 heterocycles. The number of nitro groups is 1. The fourth-order valence-corrected chi connectivity index (χ4v) is 4.01. The molecule has 1 amide bonds. The van der Waals surface area contributed by atoms with Gasteiger partial charge in [-0.2, -0.15) is 0 Å². The molecule has 0 radical (unpaired) electrons. The van der Waals surface area contributed by atoms with Crippen molar-refractivity contribution in [1.29, 1.82) is 0 Å². The summed E-state index contributed by atoms with van der Waals surface area (Å²) in [6.45, 7) is 2.32. The maximum atomic E-state index is 13.8. The van der Waals surface area contributed by atoms with Crippen molar-refractivity contribution in [3.8, 4) is 0 Å². The van der Waals surface area contributed by atoms with Crippen LogP contribution in [-0.4, -0.2) is 15.3 Å². The summed E-state index contributed by atoms with van der Waals surface area (Å²) in [4.78, 5) is 22.3. The van der Waals surface area contributed by atoms with Crippen LogP contribution < -0.4 is 26.5 Å². The van der Waals surface area contributed by atoms with Crippen molar-refractivity contribution >= 4 is 11.6 Å². The predicted molar refractivity (Wildman–Crippen MR) is 79.9 cm³/mol. The van der Waals surface area contributed by atoms with Gasteiger partial charge in [0.25, 0.3) is 0 Å². The van der Waals surface area contributed by atoms with Crippen LogP contribution in [0, 0.1) is 19.5 Å². The molecule has 1 N–H and O–H groups in total. The zero-order valence-electron chi connectivity index (χ0n) is 12.4. The van der Waals surface area contributed by atoms with Crippen molar-refractivity contribution in [3.05, 3.63) is 73.1 Å². The van der Waals surface area contributed by atoms with Crippen LogP contribution in [0.3, 0.4) is 0 Å². The van der Waals surface area contributed by atoms with E-state index < -0.39 is 27.9 Å². The molecule has 0 saturated heterocycles. The average Bonchev–Trinajstić information content (AvgIpc) is 2.53. The Hall–Kier alpha value is -2.03. The minimum absolute atomic E-state index is 0.0401. The van der Waals surface area contributed by atoms with E-state index in [9.17, 15) is 19.3 Å². The van der Waals surface area contributed by atoms with Crippen molar-refractivity contribution in [1.82, 2.24) is 5.32 Å². The van der Waals surface area contributed by atoms with Gasteiger partial charge in [-0.15, -0.1) is 0 Å². The van der Waals surface area contributed by atoms with Gasteiger partial charge in [-0.25, -0.2) is 0 Å². The molecule has 0 aromatic heterocycles. The summed E-state index contributed by atoms with van der Waals surface area (Å²) in [5, 5.41) is 13.5. The van der Waals surface area contributed by atoms with E-state index in [0.29, 0.717) is 0 Å². The molecule has 2 aromatic carbocycles. The Bertz CT molecular complexity index is 737. The second-order valence-corrected chi connectivity index (χ2v) is 8.14. The van der Waals surface area contributed by atoms with Gasteiger partial charge in [0.05, 0.1) is 0 Å². The third-order valence-electron chi connectivity index (χ3n) is 3.05. The summed E-state index contributed by atoms with van der Waals surface area (Å²) in [7, 11) is 0. The third-order valence-corrected chi connectivity index (χ3v) is 5.36. The molecule has 7 heteroatoms. The summed E-state index contributed by atoms with van der Waals surface area (Å²) in [6, 6.07) is 11.2. The van der Waals surface area contributed by atoms with Crippen LogP contribution in [0.1, 0.15) is 22.8 Å². The Morgan fingerprint density at radius 3 is 2.74 bits per heavy atom. The summed E-state index contributed by atoms with van der Waals surface area (Å²) >= 11 is -0.0401. The van der Waals surface area contributed by atoms with Crippen LogP contribution in [0.2, 0.25) is 0 Å². The van der Waals surface area contributed by atoms with Gasteiger partial charge in [0.15, 0.2) is 0 Å². The topological polar surface area (TPSA) is 72.2 Å². The van der Waals surface area contributed by atoms with Crippen molar-refractivity contribution in [2.24, 2.45) is 0 Å². The molecular formula is C16H15FIN2O3-. The first-order chi connectivity index (χ1) is 11.0. The molecule has 0 bridgehead atoms. The van der Waals surface area contributed by atoms with Gasteiger partial charge in [-0.05, 0) is 0 Å². The Morgan fingerprint density at radius 1 is 1.30 bits per heavy atom. The second kappa shape index (κ2) is 8.00. The summed E-state index contributed by atoms with van der Waals surface area (Å²) in [6.07, 6.45) is 0. The number of alkyl halides is 1. The number of carbonyl (C=O) groups is 1. The normalized spacial score (nSPS) is 10.5. The minimum atomic E-state index is -0.901. The molecule has 0 aliphatic carbocycles. The van der Waals surface area contributed by atoms with Gasteiger partial charge in [0, 0.05) is 0 Å². The Labute approximate surface area is 143 Å². The van der Waals surface area contributed by atoms with Crippen LogP contribution in [0.15, 0.2) is 42.5 Å². The van der Waals surface area contributed by atoms with E-state index in [2.05, 4.69) is 12.2 Å². The molecule has 0 atom stereocenters. The quantitative estimate of drug-likeness (QED) is 0.303. The molecule has 5 nitrogen and oxygen atoms in total. The van der Waals surface area contributed by atoms with Gasteiger partial charge in [-0.1, -0.05) is 0 Å². The number of hydrogen-bond donors (Lipinski definition) is 1. The number of nitrogens with one attached hydrogen (secondary N) is 1. The first kappa shape index (κ1) is 17.3. The first-order valence-electron chi connectivity index (χ1n) is 6.92. The fourth-order valence-electron chi connectivity index (χ4n) is 2.04. The van der Waals surface area contributed by atoms with Crippen LogP contribution in [0.25, 0.3) is 0 Å². The van der Waals surface area contributed by atoms with E-state index in [4.69, 9.17) is 0 Å². The summed E-state index contributed by atoms with van der Waals surface area (Å²) in [5.74, 6) is -1.69. The monoisotopic (exact) mass is 429 g/mol. The van der Waals surface area contributed by atoms with Crippen LogP contribution in [0.5, 0.6) is 0 Å². The van der Waals surface area contributed by atoms with E-state index in [1.54, 1.807) is 0 Å². The second-order valence-electron chi connectivity index (χ2n) is 4.60. The molecule has 0 saturated carbocycles. The molecule has 0 spiro atoms. The zero-order chi connectivity index (χ0) is 16.8. The van der Waals surface area contributed by atoms with Crippen molar-refractivity contribution in [2.45, 2.75) is 13.5 Å². The van der Waals surface area contributed by atoms with Gasteiger partial charge in [-0.3, -0.25) is 0 Å². The van der Waals surface area contributed by atoms with Gasteiger partial charge < -0.3 is 0 Å². The average molecular weight is 429 g/mol. The number of carbonyl (C=O) groups excluding carboxylic acids is 1. The van der Waals surface area contributed by atoms with Gasteiger partial charge in [0.2, 0.25) is 0 Å². The molecule has 2 aromatic rings. The Balaban J connectivity index is 2.14. The van der Waals surface area contributed by atoms with Gasteiger partial charge >= 0.3 is 143 Å². The molecule has 122 valence electrons. The number of hydrogen-bond acceptors (Lipinski definition) is 3.